The Morgan fingerprint density at radius 2 is 1.71 bits per heavy atom. The third-order valence-corrected chi connectivity index (χ3v) is 4.46. The maximum Gasteiger partial charge on any atom is 0.418 e. The van der Waals surface area contributed by atoms with Gasteiger partial charge in [-0.15, -0.1) is 10.2 Å². The molecule has 0 aromatic carbocycles. The number of nitrogens with one attached hydrogen (secondary N) is 1. The number of rotatable bonds is 6. The summed E-state index contributed by atoms with van der Waals surface area (Å²) in [6.07, 6.45) is -6.40. The number of halogens is 6. The van der Waals surface area contributed by atoms with Gasteiger partial charge in [-0.2, -0.15) is 26.3 Å². The van der Waals surface area contributed by atoms with Crippen LogP contribution in [-0.2, 0) is 12.4 Å². The minimum absolute atomic E-state index is 0.0602. The lowest BCUT2D eigenvalue weighted by atomic mass is 10.1. The van der Waals surface area contributed by atoms with E-state index in [1.165, 1.54) is 12.3 Å². The fourth-order valence-corrected chi connectivity index (χ4v) is 2.91. The van der Waals surface area contributed by atoms with Crippen LogP contribution in [0, 0.1) is 0 Å². The number of pyridine rings is 2. The standard InChI is InChI=1S/C20H13F6N7O2/c21-19(22,23)10-1-2-14(28-8-10)30-12-3-4-27-18-17(12)29-9-13(31-18)16-11(20(24,25)26)7-15(32-33-16)35-6-5-34/h1-4,7-9,34H,5-6H2,(H,27,28,30,31). The SMILES string of the molecule is OCCOc1cc(C(F)(F)F)c(-c2cnc3c(Nc4ccc(C(F)(F)F)cn4)ccnc3n2)nn1. The Hall–Kier alpha value is -4.14. The number of aliphatic hydroxyl groups is 1. The van der Waals surface area contributed by atoms with Crippen LogP contribution in [0.15, 0.2) is 42.9 Å². The molecule has 0 aliphatic heterocycles. The van der Waals surface area contributed by atoms with Crippen molar-refractivity contribution >= 4 is 22.7 Å². The molecule has 15 heteroatoms. The van der Waals surface area contributed by atoms with Crippen LogP contribution in [0.25, 0.3) is 22.6 Å². The van der Waals surface area contributed by atoms with Crippen molar-refractivity contribution in [2.45, 2.75) is 12.4 Å². The van der Waals surface area contributed by atoms with Gasteiger partial charge in [0.25, 0.3) is 0 Å². The first-order chi connectivity index (χ1) is 16.6. The highest BCUT2D eigenvalue weighted by atomic mass is 19.4. The molecule has 0 radical (unpaired) electrons. The number of hydrogen-bond acceptors (Lipinski definition) is 9. The molecule has 9 nitrogen and oxygen atoms in total. The van der Waals surface area contributed by atoms with Gasteiger partial charge in [0.05, 0.1) is 29.6 Å². The van der Waals surface area contributed by atoms with Gasteiger partial charge in [-0.05, 0) is 18.2 Å². The molecule has 0 atom stereocenters. The van der Waals surface area contributed by atoms with Crippen molar-refractivity contribution < 1.29 is 36.2 Å². The van der Waals surface area contributed by atoms with Gasteiger partial charge in [0.1, 0.15) is 29.3 Å². The van der Waals surface area contributed by atoms with Crippen LogP contribution in [-0.4, -0.2) is 48.5 Å². The van der Waals surface area contributed by atoms with Crippen molar-refractivity contribution in [3.63, 3.8) is 0 Å². The molecule has 35 heavy (non-hydrogen) atoms. The molecule has 4 aromatic heterocycles. The Labute approximate surface area is 191 Å². The molecule has 0 aliphatic rings. The molecule has 2 N–H and O–H groups in total. The van der Waals surface area contributed by atoms with Gasteiger partial charge in [-0.3, -0.25) is 0 Å². The van der Waals surface area contributed by atoms with E-state index >= 15 is 0 Å². The lowest BCUT2D eigenvalue weighted by molar-refractivity contribution is -0.138. The third kappa shape index (κ3) is 5.34. The van der Waals surface area contributed by atoms with Crippen LogP contribution in [0.5, 0.6) is 5.88 Å². The summed E-state index contributed by atoms with van der Waals surface area (Å²) in [5.41, 5.74) is -2.68. The molecule has 4 aromatic rings. The second kappa shape index (κ2) is 9.25. The second-order valence-electron chi connectivity index (χ2n) is 6.86. The van der Waals surface area contributed by atoms with Gasteiger partial charge in [-0.1, -0.05) is 0 Å². The summed E-state index contributed by atoms with van der Waals surface area (Å²) in [7, 11) is 0. The van der Waals surface area contributed by atoms with Crippen molar-refractivity contribution in [3.8, 4) is 17.3 Å². The van der Waals surface area contributed by atoms with E-state index < -0.39 is 41.7 Å². The number of alkyl halides is 6. The maximum atomic E-state index is 13.6. The van der Waals surface area contributed by atoms with E-state index in [0.29, 0.717) is 12.3 Å². The topological polar surface area (TPSA) is 119 Å². The van der Waals surface area contributed by atoms with Crippen molar-refractivity contribution in [2.24, 2.45) is 0 Å². The van der Waals surface area contributed by atoms with Crippen molar-refractivity contribution in [1.29, 1.82) is 0 Å². The first kappa shape index (κ1) is 24.0. The predicted molar refractivity (Wildman–Crippen MR) is 108 cm³/mol. The first-order valence-electron chi connectivity index (χ1n) is 9.67. The Kier molecular flexibility index (Phi) is 6.34. The van der Waals surface area contributed by atoms with Crippen LogP contribution in [0.4, 0.5) is 37.8 Å². The molecule has 182 valence electrons. The van der Waals surface area contributed by atoms with E-state index in [4.69, 9.17) is 9.84 Å². The second-order valence-corrected chi connectivity index (χ2v) is 6.86. The summed E-state index contributed by atoms with van der Waals surface area (Å²) in [6.45, 7) is -0.695. The van der Waals surface area contributed by atoms with Crippen molar-refractivity contribution in [2.75, 3.05) is 18.5 Å². The molecule has 0 amide bonds. The van der Waals surface area contributed by atoms with E-state index in [1.54, 1.807) is 0 Å². The zero-order chi connectivity index (χ0) is 25.2. The lowest BCUT2D eigenvalue weighted by Crippen LogP contribution is -2.12. The van der Waals surface area contributed by atoms with E-state index in [1.807, 2.05) is 0 Å². The molecular weight excluding hydrogens is 484 g/mol. The van der Waals surface area contributed by atoms with Crippen LogP contribution < -0.4 is 10.1 Å². The molecule has 0 spiro atoms. The summed E-state index contributed by atoms with van der Waals surface area (Å²) >= 11 is 0. The summed E-state index contributed by atoms with van der Waals surface area (Å²) < 4.78 is 84.0. The molecule has 0 unspecified atom stereocenters. The maximum absolute atomic E-state index is 13.6. The third-order valence-electron chi connectivity index (χ3n) is 4.46. The normalized spacial score (nSPS) is 12.1. The smallest absolute Gasteiger partial charge is 0.418 e. The largest absolute Gasteiger partial charge is 0.474 e. The molecular formula is C20H13F6N7O2. The highest BCUT2D eigenvalue weighted by Gasteiger charge is 2.36. The number of fused-ring (bicyclic) bond motifs is 1. The Morgan fingerprint density at radius 3 is 2.37 bits per heavy atom. The van der Waals surface area contributed by atoms with Crippen LogP contribution in [0.3, 0.4) is 0 Å². The molecule has 4 heterocycles. The van der Waals surface area contributed by atoms with Gasteiger partial charge in [0, 0.05) is 18.5 Å². The Balaban J connectivity index is 1.69. The highest BCUT2D eigenvalue weighted by Crippen LogP contribution is 2.37. The highest BCUT2D eigenvalue weighted by molar-refractivity contribution is 5.87. The predicted octanol–water partition coefficient (Wildman–Crippen LogP) is 4.03. The minimum Gasteiger partial charge on any atom is -0.474 e. The summed E-state index contributed by atoms with van der Waals surface area (Å²) in [4.78, 5) is 15.9. The van der Waals surface area contributed by atoms with Crippen molar-refractivity contribution in [1.82, 2.24) is 30.1 Å². The van der Waals surface area contributed by atoms with Gasteiger partial charge in [0.15, 0.2) is 5.65 Å². The average Bonchev–Trinajstić information content (AvgIpc) is 2.81. The monoisotopic (exact) mass is 497 g/mol. The van der Waals surface area contributed by atoms with Gasteiger partial charge >= 0.3 is 12.4 Å². The fourth-order valence-electron chi connectivity index (χ4n) is 2.91. The Morgan fingerprint density at radius 1 is 0.914 bits per heavy atom. The van der Waals surface area contributed by atoms with Gasteiger partial charge < -0.3 is 15.2 Å². The number of nitrogens with zero attached hydrogens (tertiary/aromatic N) is 6. The zero-order valence-corrected chi connectivity index (χ0v) is 17.3. The van der Waals surface area contributed by atoms with Crippen LogP contribution in [0.2, 0.25) is 0 Å². The van der Waals surface area contributed by atoms with E-state index in [9.17, 15) is 26.3 Å². The van der Waals surface area contributed by atoms with Gasteiger partial charge in [-0.25, -0.2) is 19.9 Å². The molecule has 0 fully saturated rings. The summed E-state index contributed by atoms with van der Waals surface area (Å²) in [5.74, 6) is -0.363. The number of ether oxygens (including phenoxy) is 1. The molecule has 0 saturated heterocycles. The molecule has 4 rings (SSSR count). The molecule has 0 bridgehead atoms. The number of aromatic nitrogens is 6. The number of anilines is 2. The van der Waals surface area contributed by atoms with Crippen molar-refractivity contribution in [3.05, 3.63) is 54.0 Å². The molecule has 0 aliphatic carbocycles. The lowest BCUT2D eigenvalue weighted by Gasteiger charge is -2.13. The Bertz CT molecular complexity index is 1350. The number of aliphatic hydroxyl groups excluding tert-OH is 1. The minimum atomic E-state index is -4.83. The fraction of sp³-hybridized carbons (Fsp3) is 0.200. The van der Waals surface area contributed by atoms with Crippen LogP contribution in [0.1, 0.15) is 11.1 Å². The van der Waals surface area contributed by atoms with E-state index in [0.717, 1.165) is 18.3 Å². The summed E-state index contributed by atoms with van der Waals surface area (Å²) in [6, 6.07) is 4.03. The quantitative estimate of drug-likeness (QED) is 0.381. The summed E-state index contributed by atoms with van der Waals surface area (Å²) in [5, 5.41) is 18.7. The average molecular weight is 497 g/mol. The number of hydrogen-bond donors (Lipinski definition) is 2. The molecule has 0 saturated carbocycles. The van der Waals surface area contributed by atoms with E-state index in [-0.39, 0.29) is 35.0 Å². The van der Waals surface area contributed by atoms with Crippen LogP contribution >= 0.6 is 0 Å². The van der Waals surface area contributed by atoms with Gasteiger partial charge in [0.2, 0.25) is 5.88 Å². The first-order valence-corrected chi connectivity index (χ1v) is 9.67. The van der Waals surface area contributed by atoms with E-state index in [2.05, 4.69) is 35.5 Å². The zero-order valence-electron chi connectivity index (χ0n) is 17.3.